The van der Waals surface area contributed by atoms with Crippen molar-refractivity contribution in [1.29, 1.82) is 0 Å². The van der Waals surface area contributed by atoms with E-state index in [1.807, 2.05) is 32.0 Å². The van der Waals surface area contributed by atoms with Gasteiger partial charge < -0.3 is 14.8 Å². The standard InChI is InChI=1S/C21H26N6O5/c1-4-31-19-7-6-16(10-20(19)32-5-2)13-25-14-17(11-22-25)24-21(28)8-9-26-15(3)18(12-23-26)27(29)30/h6-7,10-12,14H,4-5,8-9,13H2,1-3H3,(H,24,28). The van der Waals surface area contributed by atoms with Gasteiger partial charge in [0.1, 0.15) is 11.9 Å². The first-order valence-electron chi connectivity index (χ1n) is 10.3. The van der Waals surface area contributed by atoms with Crippen LogP contribution in [0.5, 0.6) is 11.5 Å². The van der Waals surface area contributed by atoms with Gasteiger partial charge in [-0.1, -0.05) is 6.07 Å². The number of aromatic nitrogens is 4. The number of amides is 1. The van der Waals surface area contributed by atoms with Gasteiger partial charge in [0, 0.05) is 12.6 Å². The molecule has 0 bridgehead atoms. The number of benzene rings is 1. The summed E-state index contributed by atoms with van der Waals surface area (Å²) in [5, 5.41) is 21.9. The molecule has 2 heterocycles. The Bertz CT molecular complexity index is 1090. The Labute approximate surface area is 185 Å². The Morgan fingerprint density at radius 2 is 1.91 bits per heavy atom. The van der Waals surface area contributed by atoms with Gasteiger partial charge in [0.2, 0.25) is 5.91 Å². The predicted octanol–water partition coefficient (Wildman–Crippen LogP) is 3.17. The minimum Gasteiger partial charge on any atom is -0.490 e. The number of nitrogens with zero attached hydrogens (tertiary/aromatic N) is 5. The Hall–Kier alpha value is -3.89. The second kappa shape index (κ2) is 10.4. The van der Waals surface area contributed by atoms with Gasteiger partial charge in [-0.15, -0.1) is 0 Å². The van der Waals surface area contributed by atoms with E-state index in [1.165, 1.54) is 10.9 Å². The number of carbonyl (C=O) groups excluding carboxylic acids is 1. The van der Waals surface area contributed by atoms with Crippen LogP contribution >= 0.6 is 0 Å². The minimum atomic E-state index is -0.491. The summed E-state index contributed by atoms with van der Waals surface area (Å²) in [6, 6.07) is 5.73. The zero-order valence-electron chi connectivity index (χ0n) is 18.3. The van der Waals surface area contributed by atoms with Gasteiger partial charge in [-0.05, 0) is 38.5 Å². The molecule has 11 heteroatoms. The van der Waals surface area contributed by atoms with Crippen molar-refractivity contribution in [2.45, 2.75) is 40.3 Å². The lowest BCUT2D eigenvalue weighted by atomic mass is 10.2. The summed E-state index contributed by atoms with van der Waals surface area (Å²) in [7, 11) is 0. The molecule has 3 aromatic rings. The van der Waals surface area contributed by atoms with Crippen molar-refractivity contribution >= 4 is 17.3 Å². The third-order valence-electron chi connectivity index (χ3n) is 4.69. The highest BCUT2D eigenvalue weighted by Gasteiger charge is 2.17. The predicted molar refractivity (Wildman–Crippen MR) is 117 cm³/mol. The molecule has 3 rings (SSSR count). The Balaban J connectivity index is 1.57. The Morgan fingerprint density at radius 1 is 1.16 bits per heavy atom. The largest absolute Gasteiger partial charge is 0.490 e. The average Bonchev–Trinajstić information content (AvgIpc) is 3.34. The third-order valence-corrected chi connectivity index (χ3v) is 4.69. The number of hydrogen-bond acceptors (Lipinski definition) is 7. The summed E-state index contributed by atoms with van der Waals surface area (Å²) in [6.07, 6.45) is 4.62. The highest BCUT2D eigenvalue weighted by molar-refractivity contribution is 5.90. The molecule has 32 heavy (non-hydrogen) atoms. The van der Waals surface area contributed by atoms with Crippen molar-refractivity contribution in [3.05, 3.63) is 58.2 Å². The normalized spacial score (nSPS) is 10.7. The minimum absolute atomic E-state index is 0.0616. The van der Waals surface area contributed by atoms with Crippen LogP contribution in [0.3, 0.4) is 0 Å². The van der Waals surface area contributed by atoms with E-state index in [4.69, 9.17) is 9.47 Å². The highest BCUT2D eigenvalue weighted by atomic mass is 16.6. The van der Waals surface area contributed by atoms with E-state index in [0.29, 0.717) is 42.6 Å². The van der Waals surface area contributed by atoms with E-state index in [0.717, 1.165) is 5.56 Å². The smallest absolute Gasteiger partial charge is 0.309 e. The number of rotatable bonds is 11. The van der Waals surface area contributed by atoms with Gasteiger partial charge >= 0.3 is 5.69 Å². The molecule has 2 aromatic heterocycles. The van der Waals surface area contributed by atoms with E-state index in [2.05, 4.69) is 15.5 Å². The first-order valence-corrected chi connectivity index (χ1v) is 10.3. The fraction of sp³-hybridized carbons (Fsp3) is 0.381. The summed E-state index contributed by atoms with van der Waals surface area (Å²) in [5.41, 5.74) is 1.90. The average molecular weight is 442 g/mol. The topological polar surface area (TPSA) is 126 Å². The first kappa shape index (κ1) is 22.8. The summed E-state index contributed by atoms with van der Waals surface area (Å²) in [4.78, 5) is 22.7. The molecule has 0 saturated carbocycles. The number of nitrogens with one attached hydrogen (secondary N) is 1. The summed E-state index contributed by atoms with van der Waals surface area (Å²) < 4.78 is 14.4. The highest BCUT2D eigenvalue weighted by Crippen LogP contribution is 2.29. The van der Waals surface area contributed by atoms with Crippen LogP contribution in [0.4, 0.5) is 11.4 Å². The summed E-state index contributed by atoms with van der Waals surface area (Å²) in [5.74, 6) is 1.15. The SMILES string of the molecule is CCOc1ccc(Cn2cc(NC(=O)CCn3ncc([N+](=O)[O-])c3C)cn2)cc1OCC. The zero-order chi connectivity index (χ0) is 23.1. The first-order chi connectivity index (χ1) is 15.4. The lowest BCUT2D eigenvalue weighted by Gasteiger charge is -2.12. The maximum Gasteiger partial charge on any atom is 0.309 e. The molecular weight excluding hydrogens is 416 g/mol. The number of aryl methyl sites for hydroxylation is 1. The molecular formula is C21H26N6O5. The van der Waals surface area contributed by atoms with Crippen LogP contribution in [0.15, 0.2) is 36.8 Å². The van der Waals surface area contributed by atoms with Gasteiger partial charge in [-0.2, -0.15) is 10.2 Å². The molecule has 0 aliphatic carbocycles. The number of hydrogen-bond donors (Lipinski definition) is 1. The van der Waals surface area contributed by atoms with Crippen molar-refractivity contribution in [3.8, 4) is 11.5 Å². The fourth-order valence-corrected chi connectivity index (χ4v) is 3.17. The molecule has 1 aromatic carbocycles. The molecule has 170 valence electrons. The van der Waals surface area contributed by atoms with Gasteiger partial charge in [0.15, 0.2) is 11.5 Å². The van der Waals surface area contributed by atoms with Gasteiger partial charge in [0.25, 0.3) is 0 Å². The van der Waals surface area contributed by atoms with Crippen molar-refractivity contribution < 1.29 is 19.2 Å². The number of anilines is 1. The monoisotopic (exact) mass is 442 g/mol. The Morgan fingerprint density at radius 3 is 2.59 bits per heavy atom. The molecule has 0 fully saturated rings. The molecule has 0 atom stereocenters. The number of nitro groups is 1. The van der Waals surface area contributed by atoms with Crippen LogP contribution in [0.2, 0.25) is 0 Å². The summed E-state index contributed by atoms with van der Waals surface area (Å²) >= 11 is 0. The van der Waals surface area contributed by atoms with Crippen molar-refractivity contribution in [2.75, 3.05) is 18.5 Å². The van der Waals surface area contributed by atoms with Gasteiger partial charge in [0.05, 0.1) is 43.1 Å². The van der Waals surface area contributed by atoms with Crippen LogP contribution in [0, 0.1) is 17.0 Å². The van der Waals surface area contributed by atoms with Crippen molar-refractivity contribution in [3.63, 3.8) is 0 Å². The molecule has 0 radical (unpaired) electrons. The number of carbonyl (C=O) groups is 1. The van der Waals surface area contributed by atoms with Crippen LogP contribution in [0.1, 0.15) is 31.5 Å². The second-order valence-corrected chi connectivity index (χ2v) is 6.97. The molecule has 1 N–H and O–H groups in total. The van der Waals surface area contributed by atoms with Crippen LogP contribution in [-0.4, -0.2) is 43.6 Å². The van der Waals surface area contributed by atoms with Crippen LogP contribution < -0.4 is 14.8 Å². The fourth-order valence-electron chi connectivity index (χ4n) is 3.17. The molecule has 0 aliphatic rings. The quantitative estimate of drug-likeness (QED) is 0.357. The van der Waals surface area contributed by atoms with E-state index in [-0.39, 0.29) is 24.6 Å². The molecule has 0 aliphatic heterocycles. The molecule has 11 nitrogen and oxygen atoms in total. The van der Waals surface area contributed by atoms with E-state index < -0.39 is 4.92 Å². The number of ether oxygens (including phenoxy) is 2. The van der Waals surface area contributed by atoms with Gasteiger partial charge in [-0.3, -0.25) is 24.3 Å². The maximum absolute atomic E-state index is 12.3. The van der Waals surface area contributed by atoms with E-state index in [9.17, 15) is 14.9 Å². The molecule has 1 amide bonds. The lowest BCUT2D eigenvalue weighted by Crippen LogP contribution is -2.15. The summed E-state index contributed by atoms with van der Waals surface area (Å²) in [6.45, 7) is 7.27. The van der Waals surface area contributed by atoms with E-state index in [1.54, 1.807) is 24.0 Å². The van der Waals surface area contributed by atoms with E-state index >= 15 is 0 Å². The Kier molecular flexibility index (Phi) is 7.42. The maximum atomic E-state index is 12.3. The second-order valence-electron chi connectivity index (χ2n) is 6.97. The van der Waals surface area contributed by atoms with Crippen molar-refractivity contribution in [1.82, 2.24) is 19.6 Å². The lowest BCUT2D eigenvalue weighted by molar-refractivity contribution is -0.385. The molecule has 0 spiro atoms. The molecule has 0 saturated heterocycles. The zero-order valence-corrected chi connectivity index (χ0v) is 18.3. The van der Waals surface area contributed by atoms with Crippen molar-refractivity contribution in [2.24, 2.45) is 0 Å². The van der Waals surface area contributed by atoms with Crippen LogP contribution in [0.25, 0.3) is 0 Å². The van der Waals surface area contributed by atoms with Crippen LogP contribution in [-0.2, 0) is 17.9 Å². The van der Waals surface area contributed by atoms with Gasteiger partial charge in [-0.25, -0.2) is 0 Å². The molecule has 0 unspecified atom stereocenters. The third kappa shape index (κ3) is 5.62.